The number of ether oxygens (including phenoxy) is 1. The van der Waals surface area contributed by atoms with Gasteiger partial charge in [-0.1, -0.05) is 50.6 Å². The second-order valence-electron chi connectivity index (χ2n) is 9.93. The SMILES string of the molecule is Cc1cccc(C2c3cc(NC(=O)CC(C)(C)C)c(C)c(C)c3OC2(C)C)c1. The normalized spacial score (nSPS) is 17.8. The van der Waals surface area contributed by atoms with Crippen LogP contribution in [0.4, 0.5) is 5.69 Å². The molecule has 1 amide bonds. The fourth-order valence-electron chi connectivity index (χ4n) is 4.20. The summed E-state index contributed by atoms with van der Waals surface area (Å²) >= 11 is 0. The lowest BCUT2D eigenvalue weighted by atomic mass is 9.80. The van der Waals surface area contributed by atoms with E-state index in [0.717, 1.165) is 28.1 Å². The maximum Gasteiger partial charge on any atom is 0.224 e. The van der Waals surface area contributed by atoms with Gasteiger partial charge >= 0.3 is 0 Å². The summed E-state index contributed by atoms with van der Waals surface area (Å²) in [5.74, 6) is 1.14. The monoisotopic (exact) mass is 379 g/mol. The van der Waals surface area contributed by atoms with Gasteiger partial charge in [-0.25, -0.2) is 0 Å². The first-order chi connectivity index (χ1) is 12.9. The van der Waals surface area contributed by atoms with Gasteiger partial charge in [-0.2, -0.15) is 0 Å². The van der Waals surface area contributed by atoms with E-state index in [1.54, 1.807) is 0 Å². The van der Waals surface area contributed by atoms with Gasteiger partial charge < -0.3 is 10.1 Å². The zero-order valence-electron chi connectivity index (χ0n) is 18.5. The van der Waals surface area contributed by atoms with Crippen molar-refractivity contribution in [3.05, 3.63) is 58.1 Å². The molecule has 0 saturated heterocycles. The fraction of sp³-hybridized carbons (Fsp3) is 0.480. The lowest BCUT2D eigenvalue weighted by molar-refractivity contribution is -0.117. The van der Waals surface area contributed by atoms with Gasteiger partial charge in [-0.15, -0.1) is 0 Å². The number of rotatable bonds is 3. The summed E-state index contributed by atoms with van der Waals surface area (Å²) in [5.41, 5.74) is 6.33. The quantitative estimate of drug-likeness (QED) is 0.680. The van der Waals surface area contributed by atoms with Crippen molar-refractivity contribution < 1.29 is 9.53 Å². The number of amides is 1. The van der Waals surface area contributed by atoms with Crippen molar-refractivity contribution in [2.24, 2.45) is 5.41 Å². The first kappa shape index (κ1) is 20.4. The van der Waals surface area contributed by atoms with E-state index >= 15 is 0 Å². The average molecular weight is 380 g/mol. The first-order valence-corrected chi connectivity index (χ1v) is 10.1. The minimum Gasteiger partial charge on any atom is -0.486 e. The molecule has 0 aliphatic carbocycles. The molecule has 1 atom stereocenters. The standard InChI is InChI=1S/C25H33NO2/c1-15-10-9-11-18(12-15)22-19-13-20(26-21(27)14-24(4,5)6)16(2)17(3)23(19)28-25(22,7)8/h9-13,22H,14H2,1-8H3,(H,26,27). The second kappa shape index (κ2) is 6.95. The molecule has 2 aromatic carbocycles. The van der Waals surface area contributed by atoms with E-state index in [-0.39, 0.29) is 22.8 Å². The highest BCUT2D eigenvalue weighted by atomic mass is 16.5. The summed E-state index contributed by atoms with van der Waals surface area (Å²) in [4.78, 5) is 12.6. The number of hydrogen-bond acceptors (Lipinski definition) is 2. The van der Waals surface area contributed by atoms with Crippen molar-refractivity contribution in [1.29, 1.82) is 0 Å². The van der Waals surface area contributed by atoms with Crippen LogP contribution in [0, 0.1) is 26.2 Å². The fourth-order valence-corrected chi connectivity index (χ4v) is 4.20. The molecule has 1 heterocycles. The molecule has 3 heteroatoms. The van der Waals surface area contributed by atoms with E-state index in [4.69, 9.17) is 4.74 Å². The van der Waals surface area contributed by atoms with Crippen LogP contribution in [0.3, 0.4) is 0 Å². The molecule has 0 fully saturated rings. The maximum atomic E-state index is 12.6. The van der Waals surface area contributed by atoms with Gasteiger partial charge in [0, 0.05) is 17.7 Å². The minimum atomic E-state index is -0.346. The summed E-state index contributed by atoms with van der Waals surface area (Å²) in [5, 5.41) is 3.15. The first-order valence-electron chi connectivity index (χ1n) is 10.1. The predicted octanol–water partition coefficient (Wildman–Crippen LogP) is 6.29. The molecule has 0 radical (unpaired) electrons. The third-order valence-electron chi connectivity index (χ3n) is 5.58. The van der Waals surface area contributed by atoms with E-state index < -0.39 is 0 Å². The molecular weight excluding hydrogens is 346 g/mol. The van der Waals surface area contributed by atoms with Crippen LogP contribution in [0.2, 0.25) is 0 Å². The molecule has 2 aromatic rings. The highest BCUT2D eigenvalue weighted by molar-refractivity contribution is 5.92. The highest BCUT2D eigenvalue weighted by Crippen LogP contribution is 2.51. The van der Waals surface area contributed by atoms with Gasteiger partial charge in [0.05, 0.1) is 5.92 Å². The van der Waals surface area contributed by atoms with Gasteiger partial charge in [0.25, 0.3) is 0 Å². The van der Waals surface area contributed by atoms with Crippen LogP contribution in [-0.4, -0.2) is 11.5 Å². The van der Waals surface area contributed by atoms with Crippen LogP contribution in [0.25, 0.3) is 0 Å². The van der Waals surface area contributed by atoms with E-state index in [0.29, 0.717) is 6.42 Å². The van der Waals surface area contributed by atoms with Crippen molar-refractivity contribution in [3.63, 3.8) is 0 Å². The molecule has 0 aromatic heterocycles. The molecule has 1 unspecified atom stereocenters. The van der Waals surface area contributed by atoms with Crippen LogP contribution >= 0.6 is 0 Å². The Morgan fingerprint density at radius 3 is 2.39 bits per heavy atom. The largest absolute Gasteiger partial charge is 0.486 e. The number of anilines is 1. The van der Waals surface area contributed by atoms with Crippen LogP contribution in [-0.2, 0) is 4.79 Å². The molecule has 3 rings (SSSR count). The molecule has 1 N–H and O–H groups in total. The van der Waals surface area contributed by atoms with E-state index in [1.807, 2.05) is 0 Å². The molecular formula is C25H33NO2. The summed E-state index contributed by atoms with van der Waals surface area (Å²) < 4.78 is 6.44. The molecule has 3 nitrogen and oxygen atoms in total. The number of hydrogen-bond donors (Lipinski definition) is 1. The van der Waals surface area contributed by atoms with Crippen molar-refractivity contribution in [3.8, 4) is 5.75 Å². The topological polar surface area (TPSA) is 38.3 Å². The van der Waals surface area contributed by atoms with Crippen molar-refractivity contribution in [1.82, 2.24) is 0 Å². The molecule has 0 bridgehead atoms. The molecule has 28 heavy (non-hydrogen) atoms. The number of nitrogens with one attached hydrogen (secondary N) is 1. The lowest BCUT2D eigenvalue weighted by Crippen LogP contribution is -2.31. The molecule has 1 aliphatic heterocycles. The second-order valence-corrected chi connectivity index (χ2v) is 9.93. The minimum absolute atomic E-state index is 0.0427. The highest BCUT2D eigenvalue weighted by Gasteiger charge is 2.43. The smallest absolute Gasteiger partial charge is 0.224 e. The third kappa shape index (κ3) is 3.94. The Labute approximate surface area is 169 Å². The number of fused-ring (bicyclic) bond motifs is 1. The Bertz CT molecular complexity index is 919. The lowest BCUT2D eigenvalue weighted by Gasteiger charge is -2.27. The number of benzene rings is 2. The number of carbonyl (C=O) groups is 1. The Kier molecular flexibility index (Phi) is 5.07. The van der Waals surface area contributed by atoms with Gasteiger partial charge in [-0.05, 0) is 62.8 Å². The van der Waals surface area contributed by atoms with Gasteiger partial charge in [0.2, 0.25) is 5.91 Å². The van der Waals surface area contributed by atoms with E-state index in [2.05, 4.69) is 91.0 Å². The molecule has 150 valence electrons. The van der Waals surface area contributed by atoms with Crippen molar-refractivity contribution >= 4 is 11.6 Å². The summed E-state index contributed by atoms with van der Waals surface area (Å²) in [6.07, 6.45) is 0.492. The van der Waals surface area contributed by atoms with Gasteiger partial charge in [-0.3, -0.25) is 4.79 Å². The zero-order valence-corrected chi connectivity index (χ0v) is 18.5. The Morgan fingerprint density at radius 2 is 1.79 bits per heavy atom. The summed E-state index contributed by atoms with van der Waals surface area (Å²) in [6, 6.07) is 10.8. The maximum absolute atomic E-state index is 12.6. The van der Waals surface area contributed by atoms with E-state index in [1.165, 1.54) is 11.1 Å². The van der Waals surface area contributed by atoms with Crippen LogP contribution in [0.5, 0.6) is 5.75 Å². The Morgan fingerprint density at radius 1 is 1.11 bits per heavy atom. The van der Waals surface area contributed by atoms with Crippen molar-refractivity contribution in [2.45, 2.75) is 73.3 Å². The third-order valence-corrected chi connectivity index (χ3v) is 5.58. The average Bonchev–Trinajstić information content (AvgIpc) is 2.81. The van der Waals surface area contributed by atoms with Gasteiger partial charge in [0.15, 0.2) is 0 Å². The number of carbonyl (C=O) groups excluding carboxylic acids is 1. The summed E-state index contributed by atoms with van der Waals surface area (Å²) in [6.45, 7) is 16.8. The molecule has 1 aliphatic rings. The zero-order chi connectivity index (χ0) is 20.9. The Balaban J connectivity index is 2.06. The molecule has 0 saturated carbocycles. The predicted molar refractivity (Wildman–Crippen MR) is 116 cm³/mol. The van der Waals surface area contributed by atoms with Gasteiger partial charge in [0.1, 0.15) is 11.4 Å². The summed E-state index contributed by atoms with van der Waals surface area (Å²) in [7, 11) is 0. The van der Waals surface area contributed by atoms with Crippen molar-refractivity contribution in [2.75, 3.05) is 5.32 Å². The van der Waals surface area contributed by atoms with Crippen LogP contribution < -0.4 is 10.1 Å². The van der Waals surface area contributed by atoms with Crippen LogP contribution in [0.1, 0.15) is 74.8 Å². The van der Waals surface area contributed by atoms with E-state index in [9.17, 15) is 4.79 Å². The Hall–Kier alpha value is -2.29. The number of aryl methyl sites for hydroxylation is 1. The molecule has 0 spiro atoms. The van der Waals surface area contributed by atoms with Crippen LogP contribution in [0.15, 0.2) is 30.3 Å².